The van der Waals surface area contributed by atoms with Crippen LogP contribution in [0.3, 0.4) is 0 Å². The van der Waals surface area contributed by atoms with Crippen molar-refractivity contribution in [2.75, 3.05) is 6.61 Å². The molecular formula is C8H9FINO. The summed E-state index contributed by atoms with van der Waals surface area (Å²) in [4.78, 5) is 0. The molecule has 0 aromatic heterocycles. The zero-order valence-electron chi connectivity index (χ0n) is 6.30. The van der Waals surface area contributed by atoms with E-state index in [9.17, 15) is 4.39 Å². The van der Waals surface area contributed by atoms with Crippen LogP contribution in [-0.2, 0) is 0 Å². The third-order valence-electron chi connectivity index (χ3n) is 1.57. The summed E-state index contributed by atoms with van der Waals surface area (Å²) in [7, 11) is 0. The van der Waals surface area contributed by atoms with E-state index in [0.29, 0.717) is 3.57 Å². The van der Waals surface area contributed by atoms with Crippen molar-refractivity contribution in [2.24, 2.45) is 5.73 Å². The van der Waals surface area contributed by atoms with Gasteiger partial charge in [-0.15, -0.1) is 0 Å². The number of hydrogen-bond acceptors (Lipinski definition) is 2. The van der Waals surface area contributed by atoms with Gasteiger partial charge in [0.15, 0.2) is 0 Å². The van der Waals surface area contributed by atoms with E-state index in [0.717, 1.165) is 5.56 Å². The van der Waals surface area contributed by atoms with Crippen molar-refractivity contribution in [3.8, 4) is 0 Å². The van der Waals surface area contributed by atoms with Crippen molar-refractivity contribution in [3.05, 3.63) is 33.1 Å². The van der Waals surface area contributed by atoms with Crippen molar-refractivity contribution < 1.29 is 9.50 Å². The van der Waals surface area contributed by atoms with Crippen LogP contribution in [0.5, 0.6) is 0 Å². The highest BCUT2D eigenvalue weighted by Gasteiger charge is 2.06. The molecule has 1 rings (SSSR count). The minimum atomic E-state index is -0.417. The third-order valence-corrected chi connectivity index (χ3v) is 2.40. The summed E-state index contributed by atoms with van der Waals surface area (Å²) in [6.45, 7) is -0.123. The predicted molar refractivity (Wildman–Crippen MR) is 53.1 cm³/mol. The van der Waals surface area contributed by atoms with Crippen molar-refractivity contribution in [1.29, 1.82) is 0 Å². The van der Waals surface area contributed by atoms with E-state index in [4.69, 9.17) is 10.8 Å². The molecule has 1 aromatic rings. The molecule has 0 aliphatic carbocycles. The summed E-state index contributed by atoms with van der Waals surface area (Å²) in [5.74, 6) is -0.260. The number of hydrogen-bond donors (Lipinski definition) is 2. The largest absolute Gasteiger partial charge is 0.394 e. The van der Waals surface area contributed by atoms with Gasteiger partial charge in [-0.3, -0.25) is 0 Å². The fourth-order valence-corrected chi connectivity index (χ4v) is 1.39. The fraction of sp³-hybridized carbons (Fsp3) is 0.250. The molecule has 0 aliphatic rings. The Morgan fingerprint density at radius 1 is 1.58 bits per heavy atom. The number of rotatable bonds is 2. The molecule has 2 nitrogen and oxygen atoms in total. The molecule has 0 fully saturated rings. The SMILES string of the molecule is N[C@@H](CO)c1ccc(F)c(I)c1. The van der Waals surface area contributed by atoms with Gasteiger partial charge in [0.1, 0.15) is 5.82 Å². The average molecular weight is 281 g/mol. The highest BCUT2D eigenvalue weighted by atomic mass is 127. The van der Waals surface area contributed by atoms with Crippen LogP contribution >= 0.6 is 22.6 Å². The number of benzene rings is 1. The van der Waals surface area contributed by atoms with E-state index in [1.807, 2.05) is 22.6 Å². The molecule has 0 spiro atoms. The zero-order chi connectivity index (χ0) is 9.14. The van der Waals surface area contributed by atoms with Gasteiger partial charge in [0.05, 0.1) is 12.6 Å². The quantitative estimate of drug-likeness (QED) is 0.805. The van der Waals surface area contributed by atoms with Gasteiger partial charge in [0.25, 0.3) is 0 Å². The number of aliphatic hydroxyl groups is 1. The maximum Gasteiger partial charge on any atom is 0.136 e. The van der Waals surface area contributed by atoms with Crippen molar-refractivity contribution in [2.45, 2.75) is 6.04 Å². The Bertz CT molecular complexity index is 280. The first-order chi connectivity index (χ1) is 5.65. The Labute approximate surface area is 83.7 Å². The fourth-order valence-electron chi connectivity index (χ4n) is 0.848. The van der Waals surface area contributed by atoms with Gasteiger partial charge >= 0.3 is 0 Å². The van der Waals surface area contributed by atoms with Crippen molar-refractivity contribution in [1.82, 2.24) is 0 Å². The molecule has 0 saturated heterocycles. The maximum atomic E-state index is 12.8. The van der Waals surface area contributed by atoms with Gasteiger partial charge in [-0.1, -0.05) is 6.07 Å². The van der Waals surface area contributed by atoms with E-state index in [1.54, 1.807) is 12.1 Å². The summed E-state index contributed by atoms with van der Waals surface area (Å²) in [6, 6.07) is 4.15. The molecule has 66 valence electrons. The van der Waals surface area contributed by atoms with E-state index in [2.05, 4.69) is 0 Å². The van der Waals surface area contributed by atoms with E-state index in [1.165, 1.54) is 6.07 Å². The lowest BCUT2D eigenvalue weighted by Crippen LogP contribution is -2.14. The van der Waals surface area contributed by atoms with Crippen LogP contribution in [0, 0.1) is 9.39 Å². The first-order valence-corrected chi connectivity index (χ1v) is 4.54. The monoisotopic (exact) mass is 281 g/mol. The molecular weight excluding hydrogens is 272 g/mol. The van der Waals surface area contributed by atoms with E-state index < -0.39 is 6.04 Å². The standard InChI is InChI=1S/C8H9FINO/c9-6-2-1-5(3-7(6)10)8(11)4-12/h1-3,8,12H,4,11H2/t8-/m0/s1. The minimum Gasteiger partial charge on any atom is -0.394 e. The Kier molecular flexibility index (Phi) is 3.42. The summed E-state index contributed by atoms with van der Waals surface area (Å²) < 4.78 is 13.3. The van der Waals surface area contributed by atoms with Crippen LogP contribution in [0.4, 0.5) is 4.39 Å². The summed E-state index contributed by atoms with van der Waals surface area (Å²) in [5, 5.41) is 8.73. The molecule has 0 bridgehead atoms. The van der Waals surface area contributed by atoms with Gasteiger partial charge in [0, 0.05) is 3.57 Å². The Hall–Kier alpha value is -0.200. The van der Waals surface area contributed by atoms with E-state index in [-0.39, 0.29) is 12.4 Å². The molecule has 12 heavy (non-hydrogen) atoms. The first kappa shape index (κ1) is 9.88. The molecule has 0 heterocycles. The summed E-state index contributed by atoms with van der Waals surface area (Å²) in [5.41, 5.74) is 6.29. The average Bonchev–Trinajstić information content (AvgIpc) is 2.08. The summed E-state index contributed by atoms with van der Waals surface area (Å²) >= 11 is 1.89. The second kappa shape index (κ2) is 4.15. The van der Waals surface area contributed by atoms with Gasteiger partial charge in [-0.25, -0.2) is 4.39 Å². The molecule has 1 atom stereocenters. The zero-order valence-corrected chi connectivity index (χ0v) is 8.45. The smallest absolute Gasteiger partial charge is 0.136 e. The second-order valence-electron chi connectivity index (χ2n) is 2.46. The van der Waals surface area contributed by atoms with Gasteiger partial charge in [-0.05, 0) is 40.3 Å². The minimum absolute atomic E-state index is 0.123. The Morgan fingerprint density at radius 3 is 2.75 bits per heavy atom. The maximum absolute atomic E-state index is 12.8. The number of halogens is 2. The lowest BCUT2D eigenvalue weighted by Gasteiger charge is -2.08. The van der Waals surface area contributed by atoms with Crippen LogP contribution in [-0.4, -0.2) is 11.7 Å². The Balaban J connectivity index is 2.96. The highest BCUT2D eigenvalue weighted by Crippen LogP contribution is 2.16. The molecule has 1 aromatic carbocycles. The van der Waals surface area contributed by atoms with E-state index >= 15 is 0 Å². The molecule has 0 saturated carbocycles. The normalized spacial score (nSPS) is 13.0. The predicted octanol–water partition coefficient (Wildman–Crippen LogP) is 1.42. The lowest BCUT2D eigenvalue weighted by atomic mass is 10.1. The number of aliphatic hydroxyl groups excluding tert-OH is 1. The molecule has 0 unspecified atom stereocenters. The summed E-state index contributed by atoms with van der Waals surface area (Å²) in [6.07, 6.45) is 0. The van der Waals surface area contributed by atoms with Crippen molar-refractivity contribution in [3.63, 3.8) is 0 Å². The Morgan fingerprint density at radius 2 is 2.25 bits per heavy atom. The topological polar surface area (TPSA) is 46.2 Å². The number of nitrogens with two attached hydrogens (primary N) is 1. The molecule has 0 radical (unpaired) electrons. The molecule has 4 heteroatoms. The molecule has 3 N–H and O–H groups in total. The van der Waals surface area contributed by atoms with Crippen LogP contribution in [0.25, 0.3) is 0 Å². The van der Waals surface area contributed by atoms with Crippen LogP contribution in [0.15, 0.2) is 18.2 Å². The van der Waals surface area contributed by atoms with Gasteiger partial charge in [0.2, 0.25) is 0 Å². The van der Waals surface area contributed by atoms with Crippen LogP contribution < -0.4 is 5.73 Å². The lowest BCUT2D eigenvalue weighted by molar-refractivity contribution is 0.268. The van der Waals surface area contributed by atoms with Crippen LogP contribution in [0.1, 0.15) is 11.6 Å². The highest BCUT2D eigenvalue weighted by molar-refractivity contribution is 14.1. The molecule has 0 aliphatic heterocycles. The van der Waals surface area contributed by atoms with Gasteiger partial charge < -0.3 is 10.8 Å². The second-order valence-corrected chi connectivity index (χ2v) is 3.62. The molecule has 0 amide bonds. The first-order valence-electron chi connectivity index (χ1n) is 3.46. The third kappa shape index (κ3) is 2.15. The van der Waals surface area contributed by atoms with Crippen molar-refractivity contribution >= 4 is 22.6 Å². The van der Waals surface area contributed by atoms with Gasteiger partial charge in [-0.2, -0.15) is 0 Å². The van der Waals surface area contributed by atoms with Crippen LogP contribution in [0.2, 0.25) is 0 Å².